The quantitative estimate of drug-likeness (QED) is 0.879. The van der Waals surface area contributed by atoms with Crippen LogP contribution < -0.4 is 10.2 Å². The average molecular weight is 246 g/mol. The van der Waals surface area contributed by atoms with E-state index in [-0.39, 0.29) is 0 Å². The summed E-state index contributed by atoms with van der Waals surface area (Å²) in [4.78, 5) is 2.53. The molecule has 1 heterocycles. The van der Waals surface area contributed by atoms with E-state index in [0.29, 0.717) is 6.04 Å². The van der Waals surface area contributed by atoms with Crippen LogP contribution in [0.25, 0.3) is 0 Å². The third kappa shape index (κ3) is 3.05. The zero-order chi connectivity index (χ0) is 13.1. The predicted octanol–water partition coefficient (Wildman–Crippen LogP) is 3.45. The molecule has 1 aliphatic heterocycles. The van der Waals surface area contributed by atoms with Crippen LogP contribution in [-0.4, -0.2) is 20.1 Å². The number of hydrogen-bond donors (Lipinski definition) is 1. The summed E-state index contributed by atoms with van der Waals surface area (Å²) in [5, 5.41) is 3.28. The molecule has 2 nitrogen and oxygen atoms in total. The SMILES string of the molecule is CNC(C)c1ccc(N2CC(C)CC(C)C2)cc1. The molecule has 0 radical (unpaired) electrons. The van der Waals surface area contributed by atoms with Gasteiger partial charge in [0.2, 0.25) is 0 Å². The Labute approximate surface area is 111 Å². The van der Waals surface area contributed by atoms with Gasteiger partial charge in [-0.1, -0.05) is 26.0 Å². The maximum atomic E-state index is 3.28. The molecular formula is C16H26N2. The van der Waals surface area contributed by atoms with Gasteiger partial charge in [-0.2, -0.15) is 0 Å². The van der Waals surface area contributed by atoms with Crippen LogP contribution in [0.4, 0.5) is 5.69 Å². The second kappa shape index (κ2) is 5.75. The minimum absolute atomic E-state index is 0.429. The molecule has 0 spiro atoms. The molecule has 3 atom stereocenters. The van der Waals surface area contributed by atoms with Gasteiger partial charge in [-0.25, -0.2) is 0 Å². The minimum Gasteiger partial charge on any atom is -0.371 e. The molecule has 0 aliphatic carbocycles. The molecule has 1 fully saturated rings. The highest BCUT2D eigenvalue weighted by atomic mass is 15.1. The molecule has 18 heavy (non-hydrogen) atoms. The normalized spacial score (nSPS) is 26.1. The van der Waals surface area contributed by atoms with E-state index in [4.69, 9.17) is 0 Å². The van der Waals surface area contributed by atoms with Crippen LogP contribution in [0.2, 0.25) is 0 Å². The monoisotopic (exact) mass is 246 g/mol. The van der Waals surface area contributed by atoms with E-state index >= 15 is 0 Å². The Morgan fingerprint density at radius 1 is 1.11 bits per heavy atom. The first-order valence-electron chi connectivity index (χ1n) is 7.12. The number of anilines is 1. The van der Waals surface area contributed by atoms with E-state index < -0.39 is 0 Å². The number of rotatable bonds is 3. The lowest BCUT2D eigenvalue weighted by molar-refractivity contribution is 0.357. The maximum Gasteiger partial charge on any atom is 0.0366 e. The van der Waals surface area contributed by atoms with Crippen molar-refractivity contribution in [3.8, 4) is 0 Å². The highest BCUT2D eigenvalue weighted by Crippen LogP contribution is 2.27. The molecular weight excluding hydrogens is 220 g/mol. The summed E-state index contributed by atoms with van der Waals surface area (Å²) in [5.41, 5.74) is 2.74. The fourth-order valence-electron chi connectivity index (χ4n) is 3.01. The van der Waals surface area contributed by atoms with E-state index in [1.165, 1.54) is 30.8 Å². The number of nitrogens with one attached hydrogen (secondary N) is 1. The van der Waals surface area contributed by atoms with E-state index in [2.05, 4.69) is 55.3 Å². The largest absolute Gasteiger partial charge is 0.371 e. The van der Waals surface area contributed by atoms with Crippen molar-refractivity contribution in [2.45, 2.75) is 33.2 Å². The summed E-state index contributed by atoms with van der Waals surface area (Å²) in [5.74, 6) is 1.62. The van der Waals surface area contributed by atoms with Crippen molar-refractivity contribution < 1.29 is 0 Å². The fourth-order valence-corrected chi connectivity index (χ4v) is 3.01. The molecule has 1 aliphatic rings. The number of nitrogens with zero attached hydrogens (tertiary/aromatic N) is 1. The highest BCUT2D eigenvalue weighted by molar-refractivity contribution is 5.48. The zero-order valence-electron chi connectivity index (χ0n) is 12.1. The van der Waals surface area contributed by atoms with Crippen molar-refractivity contribution in [1.82, 2.24) is 5.32 Å². The van der Waals surface area contributed by atoms with Crippen LogP contribution in [0.15, 0.2) is 24.3 Å². The van der Waals surface area contributed by atoms with Crippen molar-refractivity contribution in [1.29, 1.82) is 0 Å². The first kappa shape index (κ1) is 13.4. The van der Waals surface area contributed by atoms with Crippen LogP contribution in [-0.2, 0) is 0 Å². The van der Waals surface area contributed by atoms with E-state index in [1.54, 1.807) is 0 Å². The van der Waals surface area contributed by atoms with Crippen molar-refractivity contribution in [2.24, 2.45) is 11.8 Å². The summed E-state index contributed by atoms with van der Waals surface area (Å²) in [6.45, 7) is 9.32. The van der Waals surface area contributed by atoms with Crippen molar-refractivity contribution >= 4 is 5.69 Å². The Morgan fingerprint density at radius 3 is 2.17 bits per heavy atom. The molecule has 3 unspecified atom stereocenters. The first-order valence-corrected chi connectivity index (χ1v) is 7.12. The van der Waals surface area contributed by atoms with Gasteiger partial charge < -0.3 is 10.2 Å². The minimum atomic E-state index is 0.429. The fraction of sp³-hybridized carbons (Fsp3) is 0.625. The van der Waals surface area contributed by atoms with Gasteiger partial charge in [-0.3, -0.25) is 0 Å². The van der Waals surface area contributed by atoms with Gasteiger partial charge in [0, 0.05) is 24.8 Å². The molecule has 0 bridgehead atoms. The summed E-state index contributed by atoms with van der Waals surface area (Å²) >= 11 is 0. The summed E-state index contributed by atoms with van der Waals surface area (Å²) in [7, 11) is 2.01. The zero-order valence-corrected chi connectivity index (χ0v) is 12.1. The van der Waals surface area contributed by atoms with Crippen LogP contribution in [0, 0.1) is 11.8 Å². The van der Waals surface area contributed by atoms with Crippen molar-refractivity contribution in [3.05, 3.63) is 29.8 Å². The maximum absolute atomic E-state index is 3.28. The summed E-state index contributed by atoms with van der Waals surface area (Å²) in [6, 6.07) is 9.47. The van der Waals surface area contributed by atoms with E-state index in [9.17, 15) is 0 Å². The molecule has 0 amide bonds. The lowest BCUT2D eigenvalue weighted by atomic mass is 9.91. The van der Waals surface area contributed by atoms with Crippen LogP contribution in [0.1, 0.15) is 38.8 Å². The first-order chi connectivity index (χ1) is 8.60. The van der Waals surface area contributed by atoms with E-state index in [0.717, 1.165) is 11.8 Å². The molecule has 0 saturated carbocycles. The molecule has 2 rings (SSSR count). The Bertz CT molecular complexity index is 361. The number of benzene rings is 1. The second-order valence-corrected chi connectivity index (χ2v) is 5.95. The van der Waals surface area contributed by atoms with Gasteiger partial charge >= 0.3 is 0 Å². The van der Waals surface area contributed by atoms with Crippen LogP contribution >= 0.6 is 0 Å². The Kier molecular flexibility index (Phi) is 4.28. The smallest absolute Gasteiger partial charge is 0.0366 e. The van der Waals surface area contributed by atoms with E-state index in [1.807, 2.05) is 7.05 Å². The molecule has 100 valence electrons. The highest BCUT2D eigenvalue weighted by Gasteiger charge is 2.21. The lowest BCUT2D eigenvalue weighted by Gasteiger charge is -2.36. The predicted molar refractivity (Wildman–Crippen MR) is 79.1 cm³/mol. The van der Waals surface area contributed by atoms with Crippen molar-refractivity contribution in [3.63, 3.8) is 0 Å². The molecule has 2 heteroatoms. The van der Waals surface area contributed by atoms with Crippen LogP contribution in [0.5, 0.6) is 0 Å². The Morgan fingerprint density at radius 2 is 1.67 bits per heavy atom. The number of piperidine rings is 1. The standard InChI is InChI=1S/C16H26N2/c1-12-9-13(2)11-18(10-12)16-7-5-15(6-8-16)14(3)17-4/h5-8,12-14,17H,9-11H2,1-4H3. The van der Waals surface area contributed by atoms with Gasteiger partial charge in [0.1, 0.15) is 0 Å². The molecule has 1 saturated heterocycles. The summed E-state index contributed by atoms with van der Waals surface area (Å²) in [6.07, 6.45) is 1.37. The van der Waals surface area contributed by atoms with Crippen molar-refractivity contribution in [2.75, 3.05) is 25.0 Å². The van der Waals surface area contributed by atoms with Gasteiger partial charge in [0.25, 0.3) is 0 Å². The van der Waals surface area contributed by atoms with Crippen LogP contribution in [0.3, 0.4) is 0 Å². The molecule has 1 N–H and O–H groups in total. The van der Waals surface area contributed by atoms with Gasteiger partial charge in [0.15, 0.2) is 0 Å². The number of hydrogen-bond acceptors (Lipinski definition) is 2. The average Bonchev–Trinajstić information content (AvgIpc) is 2.37. The Balaban J connectivity index is 2.09. The Hall–Kier alpha value is -1.02. The van der Waals surface area contributed by atoms with Gasteiger partial charge in [-0.15, -0.1) is 0 Å². The molecule has 1 aromatic carbocycles. The molecule has 0 aromatic heterocycles. The third-order valence-corrected chi connectivity index (χ3v) is 4.06. The third-order valence-electron chi connectivity index (χ3n) is 4.06. The topological polar surface area (TPSA) is 15.3 Å². The summed E-state index contributed by atoms with van der Waals surface area (Å²) < 4.78 is 0. The van der Waals surface area contributed by atoms with Gasteiger partial charge in [0.05, 0.1) is 0 Å². The molecule has 1 aromatic rings. The second-order valence-electron chi connectivity index (χ2n) is 5.95. The lowest BCUT2D eigenvalue weighted by Crippen LogP contribution is -2.38. The van der Waals surface area contributed by atoms with Gasteiger partial charge in [-0.05, 0) is 49.9 Å².